The van der Waals surface area contributed by atoms with Crippen LogP contribution in [0.2, 0.25) is 0 Å². The molecule has 0 saturated heterocycles. The van der Waals surface area contributed by atoms with Crippen molar-refractivity contribution in [1.29, 1.82) is 0 Å². The van der Waals surface area contributed by atoms with Gasteiger partial charge in [-0.15, -0.1) is 0 Å². The molecule has 0 saturated carbocycles. The number of ketones is 1. The van der Waals surface area contributed by atoms with E-state index in [0.29, 0.717) is 11.7 Å². The molecule has 0 spiro atoms. The minimum atomic E-state index is 0.308. The van der Waals surface area contributed by atoms with E-state index < -0.39 is 0 Å². The van der Waals surface area contributed by atoms with Crippen LogP contribution < -0.4 is 0 Å². The Morgan fingerprint density at radius 2 is 2.30 bits per heavy atom. The Morgan fingerprint density at radius 1 is 1.60 bits per heavy atom. The van der Waals surface area contributed by atoms with Gasteiger partial charge in [-0.2, -0.15) is 0 Å². The zero-order valence-electron chi connectivity index (χ0n) is 6.68. The fourth-order valence-corrected chi connectivity index (χ4v) is 1.33. The monoisotopic (exact) mass is 138 g/mol. The highest BCUT2D eigenvalue weighted by molar-refractivity contribution is 5.90. The minimum absolute atomic E-state index is 0.308. The summed E-state index contributed by atoms with van der Waals surface area (Å²) in [6.07, 6.45) is 4.82. The Labute approximate surface area is 62.1 Å². The van der Waals surface area contributed by atoms with Crippen LogP contribution in [0.4, 0.5) is 0 Å². The van der Waals surface area contributed by atoms with Gasteiger partial charge in [-0.25, -0.2) is 0 Å². The Morgan fingerprint density at radius 3 is 3.00 bits per heavy atom. The number of hydrogen-bond acceptors (Lipinski definition) is 1. The summed E-state index contributed by atoms with van der Waals surface area (Å²) in [7, 11) is 0. The first kappa shape index (κ1) is 7.52. The van der Waals surface area contributed by atoms with Crippen molar-refractivity contribution < 1.29 is 4.79 Å². The van der Waals surface area contributed by atoms with Crippen LogP contribution in [0.1, 0.15) is 33.1 Å². The van der Waals surface area contributed by atoms with Gasteiger partial charge in [0.1, 0.15) is 0 Å². The molecule has 0 heterocycles. The molecule has 0 N–H and O–H groups in total. The molecule has 1 heteroatoms. The lowest BCUT2D eigenvalue weighted by molar-refractivity contribution is -0.115. The van der Waals surface area contributed by atoms with Gasteiger partial charge in [0.2, 0.25) is 0 Å². The molecule has 10 heavy (non-hydrogen) atoms. The molecule has 0 aromatic heterocycles. The van der Waals surface area contributed by atoms with Gasteiger partial charge in [0.05, 0.1) is 0 Å². The van der Waals surface area contributed by atoms with Gasteiger partial charge in [0.15, 0.2) is 5.78 Å². The fraction of sp³-hybridized carbons (Fsp3) is 0.667. The lowest BCUT2D eigenvalue weighted by atomic mass is 10.0. The molecule has 0 bridgehead atoms. The number of carbonyl (C=O) groups excluding carboxylic acids is 1. The molecule has 1 aliphatic carbocycles. The summed E-state index contributed by atoms with van der Waals surface area (Å²) in [4.78, 5) is 11.0. The molecule has 0 radical (unpaired) electrons. The van der Waals surface area contributed by atoms with E-state index in [9.17, 15) is 4.79 Å². The van der Waals surface area contributed by atoms with Gasteiger partial charge in [-0.1, -0.05) is 12.5 Å². The molecule has 1 unspecified atom stereocenters. The van der Waals surface area contributed by atoms with E-state index in [1.165, 1.54) is 12.0 Å². The molecule has 0 aliphatic heterocycles. The molecular formula is C9H14O. The van der Waals surface area contributed by atoms with Crippen molar-refractivity contribution in [2.24, 2.45) is 5.92 Å². The van der Waals surface area contributed by atoms with Crippen LogP contribution in [0.25, 0.3) is 0 Å². The molecule has 1 rings (SSSR count). The number of rotatable bonds is 0. The predicted molar refractivity (Wildman–Crippen MR) is 41.8 cm³/mol. The van der Waals surface area contributed by atoms with Gasteiger partial charge in [-0.05, 0) is 31.8 Å². The predicted octanol–water partition coefficient (Wildman–Crippen LogP) is 2.32. The van der Waals surface area contributed by atoms with Crippen LogP contribution in [0.3, 0.4) is 0 Å². The third kappa shape index (κ3) is 1.98. The molecule has 1 nitrogen and oxygen atoms in total. The average Bonchev–Trinajstić information content (AvgIpc) is 1.93. The summed E-state index contributed by atoms with van der Waals surface area (Å²) in [6.45, 7) is 4.18. The molecule has 0 amide bonds. The van der Waals surface area contributed by atoms with Crippen molar-refractivity contribution in [3.05, 3.63) is 11.6 Å². The molecule has 56 valence electrons. The van der Waals surface area contributed by atoms with E-state index >= 15 is 0 Å². The van der Waals surface area contributed by atoms with E-state index in [0.717, 1.165) is 12.8 Å². The van der Waals surface area contributed by atoms with Crippen molar-refractivity contribution >= 4 is 5.78 Å². The first-order chi connectivity index (χ1) is 4.68. The minimum Gasteiger partial charge on any atom is -0.295 e. The Kier molecular flexibility index (Phi) is 2.25. The van der Waals surface area contributed by atoms with Crippen LogP contribution in [-0.4, -0.2) is 5.78 Å². The average molecular weight is 138 g/mol. The Hall–Kier alpha value is -0.590. The first-order valence-corrected chi connectivity index (χ1v) is 3.88. The quantitative estimate of drug-likeness (QED) is 0.502. The van der Waals surface area contributed by atoms with E-state index in [2.05, 4.69) is 6.92 Å². The second-order valence-corrected chi connectivity index (χ2v) is 3.30. The largest absolute Gasteiger partial charge is 0.295 e. The van der Waals surface area contributed by atoms with Crippen LogP contribution in [0, 0.1) is 5.92 Å². The molecule has 1 aliphatic rings. The number of allylic oxidation sites excluding steroid dienone is 2. The zero-order chi connectivity index (χ0) is 7.56. The van der Waals surface area contributed by atoms with Crippen LogP contribution in [-0.2, 0) is 4.79 Å². The number of hydrogen-bond donors (Lipinski definition) is 0. The van der Waals surface area contributed by atoms with Gasteiger partial charge >= 0.3 is 0 Å². The maximum Gasteiger partial charge on any atom is 0.155 e. The highest BCUT2D eigenvalue weighted by Crippen LogP contribution is 2.19. The highest BCUT2D eigenvalue weighted by Gasteiger charge is 2.11. The Bertz CT molecular complexity index is 168. The second kappa shape index (κ2) is 3.00. The second-order valence-electron chi connectivity index (χ2n) is 3.30. The maximum absolute atomic E-state index is 11.0. The maximum atomic E-state index is 11.0. The first-order valence-electron chi connectivity index (χ1n) is 3.88. The van der Waals surface area contributed by atoms with E-state index in [1.807, 2.05) is 6.92 Å². The third-order valence-corrected chi connectivity index (χ3v) is 1.99. The molecular weight excluding hydrogens is 124 g/mol. The SMILES string of the molecule is CC1=CC(=O)CC(C)CC1. The topological polar surface area (TPSA) is 17.1 Å². The molecule has 0 fully saturated rings. The summed E-state index contributed by atoms with van der Waals surface area (Å²) in [5.74, 6) is 0.892. The van der Waals surface area contributed by atoms with Gasteiger partial charge in [-0.3, -0.25) is 4.79 Å². The zero-order valence-corrected chi connectivity index (χ0v) is 6.68. The summed E-state index contributed by atoms with van der Waals surface area (Å²) < 4.78 is 0. The van der Waals surface area contributed by atoms with E-state index in [-0.39, 0.29) is 0 Å². The highest BCUT2D eigenvalue weighted by atomic mass is 16.1. The van der Waals surface area contributed by atoms with Gasteiger partial charge < -0.3 is 0 Å². The fourth-order valence-electron chi connectivity index (χ4n) is 1.33. The molecule has 1 atom stereocenters. The van der Waals surface area contributed by atoms with E-state index in [1.54, 1.807) is 6.08 Å². The third-order valence-electron chi connectivity index (χ3n) is 1.99. The lowest BCUT2D eigenvalue weighted by Gasteiger charge is -2.03. The van der Waals surface area contributed by atoms with Crippen molar-refractivity contribution in [2.45, 2.75) is 33.1 Å². The Balaban J connectivity index is 2.62. The smallest absolute Gasteiger partial charge is 0.155 e. The summed E-state index contributed by atoms with van der Waals surface area (Å²) in [5, 5.41) is 0. The standard InChI is InChI=1S/C9H14O/c1-7-3-4-8(2)6-9(10)5-7/h5,8H,3-4,6H2,1-2H3. The van der Waals surface area contributed by atoms with Crippen molar-refractivity contribution in [3.63, 3.8) is 0 Å². The number of carbonyl (C=O) groups is 1. The van der Waals surface area contributed by atoms with Crippen LogP contribution >= 0.6 is 0 Å². The summed E-state index contributed by atoms with van der Waals surface area (Å²) in [5.41, 5.74) is 1.24. The van der Waals surface area contributed by atoms with Gasteiger partial charge in [0, 0.05) is 6.42 Å². The molecule has 0 aromatic carbocycles. The van der Waals surface area contributed by atoms with Crippen LogP contribution in [0.15, 0.2) is 11.6 Å². The van der Waals surface area contributed by atoms with Crippen molar-refractivity contribution in [3.8, 4) is 0 Å². The lowest BCUT2D eigenvalue weighted by Crippen LogP contribution is -1.98. The van der Waals surface area contributed by atoms with Crippen molar-refractivity contribution in [2.75, 3.05) is 0 Å². The summed E-state index contributed by atoms with van der Waals surface area (Å²) in [6, 6.07) is 0. The normalized spacial score (nSPS) is 27.6. The summed E-state index contributed by atoms with van der Waals surface area (Å²) >= 11 is 0. The molecule has 0 aromatic rings. The van der Waals surface area contributed by atoms with Gasteiger partial charge in [0.25, 0.3) is 0 Å². The van der Waals surface area contributed by atoms with E-state index in [4.69, 9.17) is 0 Å². The van der Waals surface area contributed by atoms with Crippen molar-refractivity contribution in [1.82, 2.24) is 0 Å². The van der Waals surface area contributed by atoms with Crippen LogP contribution in [0.5, 0.6) is 0 Å².